The van der Waals surface area contributed by atoms with Crippen LogP contribution in [0.4, 0.5) is 0 Å². The first kappa shape index (κ1) is 18.6. The molecular weight excluding hydrogens is 394 g/mol. The van der Waals surface area contributed by atoms with Gasteiger partial charge in [-0.3, -0.25) is 4.98 Å². The summed E-state index contributed by atoms with van der Waals surface area (Å²) in [7, 11) is 1.67. The Morgan fingerprint density at radius 3 is 2.40 bits per heavy atom. The van der Waals surface area contributed by atoms with Gasteiger partial charge in [-0.2, -0.15) is 5.10 Å². The molecule has 0 N–H and O–H groups in total. The molecule has 0 atom stereocenters. The van der Waals surface area contributed by atoms with Crippen molar-refractivity contribution in [3.8, 4) is 22.7 Å². The Bertz CT molecular complexity index is 1360. The minimum atomic E-state index is 0.693. The van der Waals surface area contributed by atoms with E-state index in [0.29, 0.717) is 5.02 Å². The molecule has 5 aromatic rings. The molecule has 0 bridgehead atoms. The van der Waals surface area contributed by atoms with Crippen LogP contribution in [0.2, 0.25) is 5.02 Å². The molecule has 30 heavy (non-hydrogen) atoms. The molecule has 0 aliphatic heterocycles. The number of pyridine rings is 1. The summed E-state index contributed by atoms with van der Waals surface area (Å²) in [6.45, 7) is 2.16. The number of fused-ring (bicyclic) bond motifs is 3. The van der Waals surface area contributed by atoms with Crippen LogP contribution < -0.4 is 4.74 Å². The van der Waals surface area contributed by atoms with Crippen LogP contribution in [0.3, 0.4) is 0 Å². The highest BCUT2D eigenvalue weighted by Crippen LogP contribution is 2.35. The number of nitrogens with zero attached hydrogens (tertiary/aromatic N) is 3. The highest BCUT2D eigenvalue weighted by Gasteiger charge is 2.17. The predicted octanol–water partition coefficient (Wildman–Crippen LogP) is 6.47. The van der Waals surface area contributed by atoms with Crippen LogP contribution in [-0.4, -0.2) is 21.9 Å². The number of benzene rings is 3. The van der Waals surface area contributed by atoms with Crippen molar-refractivity contribution >= 4 is 33.4 Å². The quantitative estimate of drug-likeness (QED) is 0.339. The van der Waals surface area contributed by atoms with E-state index < -0.39 is 0 Å². The number of aryl methyl sites for hydroxylation is 1. The highest BCUT2D eigenvalue weighted by molar-refractivity contribution is 6.30. The molecule has 0 saturated carbocycles. The number of hydrogen-bond donors (Lipinski definition) is 0. The van der Waals surface area contributed by atoms with Crippen molar-refractivity contribution in [1.29, 1.82) is 0 Å². The Morgan fingerprint density at radius 2 is 1.70 bits per heavy atom. The minimum absolute atomic E-state index is 0.693. The molecule has 4 nitrogen and oxygen atoms in total. The molecule has 0 saturated heterocycles. The number of halogens is 1. The Morgan fingerprint density at radius 1 is 0.933 bits per heavy atom. The summed E-state index contributed by atoms with van der Waals surface area (Å²) < 4.78 is 7.45. The maximum Gasteiger partial charge on any atom is 0.119 e. The molecule has 0 aliphatic rings. The topological polar surface area (TPSA) is 39.9 Å². The number of rotatable bonds is 4. The van der Waals surface area contributed by atoms with Crippen LogP contribution in [0.15, 0.2) is 72.9 Å². The van der Waals surface area contributed by atoms with Crippen LogP contribution in [0, 0.1) is 0 Å². The molecular formula is C25H20ClN3O. The van der Waals surface area contributed by atoms with Crippen molar-refractivity contribution in [3.05, 3.63) is 83.5 Å². The first-order valence-corrected chi connectivity index (χ1v) is 10.3. The predicted molar refractivity (Wildman–Crippen MR) is 123 cm³/mol. The third-order valence-electron chi connectivity index (χ3n) is 5.42. The average molecular weight is 414 g/mol. The molecule has 0 aliphatic carbocycles. The molecule has 5 rings (SSSR count). The lowest BCUT2D eigenvalue weighted by Crippen LogP contribution is -1.97. The summed E-state index contributed by atoms with van der Waals surface area (Å²) in [5.41, 5.74) is 6.10. The molecule has 0 radical (unpaired) electrons. The first-order chi connectivity index (χ1) is 14.7. The second-order valence-electron chi connectivity index (χ2n) is 7.19. The van der Waals surface area contributed by atoms with E-state index in [1.165, 1.54) is 5.56 Å². The summed E-state index contributed by atoms with van der Waals surface area (Å²) in [5, 5.41) is 7.69. The lowest BCUT2D eigenvalue weighted by molar-refractivity contribution is 0.415. The van der Waals surface area contributed by atoms with Gasteiger partial charge in [-0.25, -0.2) is 4.68 Å². The number of methoxy groups -OCH3 is 1. The van der Waals surface area contributed by atoms with E-state index in [0.717, 1.165) is 50.9 Å². The van der Waals surface area contributed by atoms with E-state index in [9.17, 15) is 0 Å². The summed E-state index contributed by atoms with van der Waals surface area (Å²) in [5.74, 6) is 0.787. The zero-order valence-corrected chi connectivity index (χ0v) is 17.5. The van der Waals surface area contributed by atoms with Gasteiger partial charge in [-0.1, -0.05) is 42.8 Å². The van der Waals surface area contributed by atoms with Crippen LogP contribution in [-0.2, 0) is 6.42 Å². The average Bonchev–Trinajstić information content (AvgIpc) is 3.19. The lowest BCUT2D eigenvalue weighted by Gasteiger charge is -2.07. The van der Waals surface area contributed by atoms with Gasteiger partial charge in [0.25, 0.3) is 0 Å². The van der Waals surface area contributed by atoms with Crippen LogP contribution in [0.1, 0.15) is 12.5 Å². The van der Waals surface area contributed by atoms with Crippen LogP contribution in [0.25, 0.3) is 38.8 Å². The van der Waals surface area contributed by atoms with E-state index in [4.69, 9.17) is 26.4 Å². The van der Waals surface area contributed by atoms with E-state index >= 15 is 0 Å². The van der Waals surface area contributed by atoms with Gasteiger partial charge in [0.15, 0.2) is 0 Å². The Hall–Kier alpha value is -3.37. The molecule has 148 valence electrons. The lowest BCUT2D eigenvalue weighted by atomic mass is 10.0. The van der Waals surface area contributed by atoms with Crippen molar-refractivity contribution in [2.45, 2.75) is 13.3 Å². The molecule has 3 aromatic carbocycles. The van der Waals surface area contributed by atoms with Gasteiger partial charge in [0.1, 0.15) is 11.4 Å². The van der Waals surface area contributed by atoms with Gasteiger partial charge in [-0.05, 0) is 54.4 Å². The monoisotopic (exact) mass is 413 g/mol. The van der Waals surface area contributed by atoms with E-state index in [2.05, 4.69) is 31.2 Å². The summed E-state index contributed by atoms with van der Waals surface area (Å²) in [6, 6.07) is 22.2. The standard InChI is InChI=1S/C25H20ClN3O/c1-3-16-4-6-17(7-5-16)24-22-15-27-23-13-12-20(30-2)14-21(23)25(22)29(28-24)19-10-8-18(26)9-11-19/h4-15H,3H2,1-2H3. The maximum absolute atomic E-state index is 6.13. The van der Waals surface area contributed by atoms with Gasteiger partial charge in [-0.15, -0.1) is 0 Å². The fraction of sp³-hybridized carbons (Fsp3) is 0.120. The Kier molecular flexibility index (Phi) is 4.64. The molecule has 5 heteroatoms. The van der Waals surface area contributed by atoms with Crippen LogP contribution in [0.5, 0.6) is 5.75 Å². The van der Waals surface area contributed by atoms with Crippen molar-refractivity contribution < 1.29 is 4.74 Å². The van der Waals surface area contributed by atoms with E-state index in [1.54, 1.807) is 7.11 Å². The zero-order valence-electron chi connectivity index (χ0n) is 16.8. The van der Waals surface area contributed by atoms with Crippen LogP contribution >= 0.6 is 11.6 Å². The summed E-state index contributed by atoms with van der Waals surface area (Å²) in [6.07, 6.45) is 2.92. The SMILES string of the molecule is CCc1ccc(-c2nn(-c3ccc(Cl)cc3)c3c2cnc2ccc(OC)cc23)cc1. The minimum Gasteiger partial charge on any atom is -0.497 e. The van der Waals surface area contributed by atoms with Gasteiger partial charge < -0.3 is 4.74 Å². The Balaban J connectivity index is 1.85. The van der Waals surface area contributed by atoms with Gasteiger partial charge in [0, 0.05) is 27.6 Å². The van der Waals surface area contributed by atoms with Gasteiger partial charge in [0.2, 0.25) is 0 Å². The highest BCUT2D eigenvalue weighted by atomic mass is 35.5. The third-order valence-corrected chi connectivity index (χ3v) is 5.67. The molecule has 2 aromatic heterocycles. The van der Waals surface area contributed by atoms with Crippen molar-refractivity contribution in [2.24, 2.45) is 0 Å². The fourth-order valence-electron chi connectivity index (χ4n) is 3.77. The van der Waals surface area contributed by atoms with Crippen molar-refractivity contribution in [3.63, 3.8) is 0 Å². The van der Waals surface area contributed by atoms with Crippen molar-refractivity contribution in [1.82, 2.24) is 14.8 Å². The second kappa shape index (κ2) is 7.47. The maximum atomic E-state index is 6.13. The zero-order chi connectivity index (χ0) is 20.7. The largest absolute Gasteiger partial charge is 0.497 e. The molecule has 0 amide bonds. The molecule has 0 unspecified atom stereocenters. The first-order valence-electron chi connectivity index (χ1n) is 9.88. The second-order valence-corrected chi connectivity index (χ2v) is 7.63. The third kappa shape index (κ3) is 3.10. The smallest absolute Gasteiger partial charge is 0.119 e. The number of ether oxygens (including phenoxy) is 1. The molecule has 0 spiro atoms. The number of aromatic nitrogens is 3. The normalized spacial score (nSPS) is 11.3. The van der Waals surface area contributed by atoms with E-state index in [-0.39, 0.29) is 0 Å². The van der Waals surface area contributed by atoms with E-state index in [1.807, 2.05) is 53.3 Å². The Labute approximate surface area is 179 Å². The van der Waals surface area contributed by atoms with Crippen molar-refractivity contribution in [2.75, 3.05) is 7.11 Å². The summed E-state index contributed by atoms with van der Waals surface area (Å²) in [4.78, 5) is 4.70. The van der Waals surface area contributed by atoms with Gasteiger partial charge >= 0.3 is 0 Å². The summed E-state index contributed by atoms with van der Waals surface area (Å²) >= 11 is 6.13. The fourth-order valence-corrected chi connectivity index (χ4v) is 3.90. The van der Waals surface area contributed by atoms with Gasteiger partial charge in [0.05, 0.1) is 23.8 Å². The molecule has 2 heterocycles. The number of hydrogen-bond acceptors (Lipinski definition) is 3. The molecule has 0 fully saturated rings.